The summed E-state index contributed by atoms with van der Waals surface area (Å²) in [6, 6.07) is 10.0. The lowest BCUT2D eigenvalue weighted by atomic mass is 10.1. The summed E-state index contributed by atoms with van der Waals surface area (Å²) in [5.74, 6) is 2.25. The molecule has 78 valence electrons. The summed E-state index contributed by atoms with van der Waals surface area (Å²) in [5.41, 5.74) is 1.08. The summed E-state index contributed by atoms with van der Waals surface area (Å²) in [5, 5.41) is 0. The molecule has 0 aliphatic rings. The predicted octanol–water partition coefficient (Wildman–Crippen LogP) is 3.54. The highest BCUT2D eigenvalue weighted by Gasteiger charge is 2.06. The van der Waals surface area contributed by atoms with Crippen LogP contribution in [0.25, 0.3) is 11.3 Å². The number of benzene rings is 1. The highest BCUT2D eigenvalue weighted by atomic mass is 16.4. The first-order valence-electron chi connectivity index (χ1n) is 5.26. The van der Waals surface area contributed by atoms with Gasteiger partial charge in [-0.1, -0.05) is 44.2 Å². The molecule has 0 saturated carbocycles. The zero-order valence-electron chi connectivity index (χ0n) is 9.10. The molecule has 1 heterocycles. The molecule has 15 heavy (non-hydrogen) atoms. The van der Waals surface area contributed by atoms with E-state index in [2.05, 4.69) is 18.8 Å². The van der Waals surface area contributed by atoms with Crippen LogP contribution in [0.1, 0.15) is 19.7 Å². The van der Waals surface area contributed by atoms with Crippen molar-refractivity contribution in [2.45, 2.75) is 20.3 Å². The molecule has 0 fully saturated rings. The Morgan fingerprint density at radius 2 is 1.93 bits per heavy atom. The molecule has 0 unspecified atom stereocenters. The Kier molecular flexibility index (Phi) is 2.86. The standard InChI is InChI=1S/C13H15NO/c1-10(2)8-13-14-9-12(15-13)11-6-4-3-5-7-11/h3-7,9-10H,8H2,1-2H3. The lowest BCUT2D eigenvalue weighted by Crippen LogP contribution is -1.92. The summed E-state index contributed by atoms with van der Waals surface area (Å²) in [6.45, 7) is 4.32. The number of nitrogens with zero attached hydrogens (tertiary/aromatic N) is 1. The van der Waals surface area contributed by atoms with Crippen molar-refractivity contribution >= 4 is 0 Å². The molecule has 0 aliphatic carbocycles. The fraction of sp³-hybridized carbons (Fsp3) is 0.308. The molecule has 0 bridgehead atoms. The molecule has 0 amide bonds. The van der Waals surface area contributed by atoms with E-state index in [1.165, 1.54) is 0 Å². The Labute approximate surface area is 90.0 Å². The maximum atomic E-state index is 5.67. The van der Waals surface area contributed by atoms with Gasteiger partial charge in [0.1, 0.15) is 0 Å². The molecule has 0 radical (unpaired) electrons. The first-order valence-corrected chi connectivity index (χ1v) is 5.26. The van der Waals surface area contributed by atoms with Gasteiger partial charge in [-0.3, -0.25) is 0 Å². The number of hydrogen-bond donors (Lipinski definition) is 0. The van der Waals surface area contributed by atoms with E-state index in [0.717, 1.165) is 23.6 Å². The van der Waals surface area contributed by atoms with Crippen molar-refractivity contribution in [2.24, 2.45) is 5.92 Å². The molecule has 2 aromatic rings. The van der Waals surface area contributed by atoms with Crippen LogP contribution >= 0.6 is 0 Å². The lowest BCUT2D eigenvalue weighted by Gasteiger charge is -1.98. The molecule has 2 heteroatoms. The van der Waals surface area contributed by atoms with Gasteiger partial charge in [0.25, 0.3) is 0 Å². The molecule has 0 atom stereocenters. The summed E-state index contributed by atoms with van der Waals surface area (Å²) in [4.78, 5) is 4.27. The molecule has 0 spiro atoms. The Morgan fingerprint density at radius 1 is 1.20 bits per heavy atom. The van der Waals surface area contributed by atoms with Gasteiger partial charge >= 0.3 is 0 Å². The average Bonchev–Trinajstić information content (AvgIpc) is 2.67. The van der Waals surface area contributed by atoms with E-state index in [-0.39, 0.29) is 0 Å². The summed E-state index contributed by atoms with van der Waals surface area (Å²) < 4.78 is 5.67. The van der Waals surface area contributed by atoms with Gasteiger partial charge < -0.3 is 4.42 Å². The summed E-state index contributed by atoms with van der Waals surface area (Å²) in [7, 11) is 0. The van der Waals surface area contributed by atoms with E-state index in [1.807, 2.05) is 30.3 Å². The second kappa shape index (κ2) is 4.30. The monoisotopic (exact) mass is 201 g/mol. The predicted molar refractivity (Wildman–Crippen MR) is 60.5 cm³/mol. The molecule has 1 aromatic carbocycles. The van der Waals surface area contributed by atoms with Crippen molar-refractivity contribution in [3.63, 3.8) is 0 Å². The van der Waals surface area contributed by atoms with Crippen molar-refractivity contribution in [1.29, 1.82) is 0 Å². The number of hydrogen-bond acceptors (Lipinski definition) is 2. The summed E-state index contributed by atoms with van der Waals surface area (Å²) in [6.07, 6.45) is 2.69. The number of aromatic nitrogens is 1. The third kappa shape index (κ3) is 2.46. The molecule has 0 saturated heterocycles. The zero-order chi connectivity index (χ0) is 10.7. The van der Waals surface area contributed by atoms with Crippen LogP contribution in [0.2, 0.25) is 0 Å². The van der Waals surface area contributed by atoms with Crippen LogP contribution in [-0.4, -0.2) is 4.98 Å². The number of rotatable bonds is 3. The van der Waals surface area contributed by atoms with Crippen LogP contribution in [0.15, 0.2) is 40.9 Å². The first kappa shape index (κ1) is 9.97. The fourth-order valence-corrected chi connectivity index (χ4v) is 1.49. The molecule has 2 nitrogen and oxygen atoms in total. The van der Waals surface area contributed by atoms with Gasteiger partial charge in [0.05, 0.1) is 6.20 Å². The van der Waals surface area contributed by atoms with E-state index in [1.54, 1.807) is 6.20 Å². The smallest absolute Gasteiger partial charge is 0.195 e. The second-order valence-electron chi connectivity index (χ2n) is 4.08. The quantitative estimate of drug-likeness (QED) is 0.759. The van der Waals surface area contributed by atoms with Crippen molar-refractivity contribution < 1.29 is 4.42 Å². The molecule has 2 rings (SSSR count). The number of oxazole rings is 1. The minimum atomic E-state index is 0.576. The largest absolute Gasteiger partial charge is 0.441 e. The molecular weight excluding hydrogens is 186 g/mol. The van der Waals surface area contributed by atoms with Crippen LogP contribution < -0.4 is 0 Å². The Bertz CT molecular complexity index is 417. The maximum absolute atomic E-state index is 5.67. The normalized spacial score (nSPS) is 10.9. The lowest BCUT2D eigenvalue weighted by molar-refractivity contribution is 0.466. The van der Waals surface area contributed by atoms with Crippen molar-refractivity contribution in [2.75, 3.05) is 0 Å². The van der Waals surface area contributed by atoms with Gasteiger partial charge in [-0.15, -0.1) is 0 Å². The molecule has 0 N–H and O–H groups in total. The van der Waals surface area contributed by atoms with Gasteiger partial charge in [-0.25, -0.2) is 4.98 Å². The van der Waals surface area contributed by atoms with Crippen LogP contribution in [0.3, 0.4) is 0 Å². The summed E-state index contributed by atoms with van der Waals surface area (Å²) >= 11 is 0. The van der Waals surface area contributed by atoms with Gasteiger partial charge in [0.15, 0.2) is 11.7 Å². The fourth-order valence-electron chi connectivity index (χ4n) is 1.49. The molecular formula is C13H15NO. The van der Waals surface area contributed by atoms with Crippen molar-refractivity contribution in [3.8, 4) is 11.3 Å². The average molecular weight is 201 g/mol. The van der Waals surface area contributed by atoms with E-state index >= 15 is 0 Å². The van der Waals surface area contributed by atoms with Crippen LogP contribution in [0.5, 0.6) is 0 Å². The van der Waals surface area contributed by atoms with Gasteiger partial charge in [-0.2, -0.15) is 0 Å². The first-order chi connectivity index (χ1) is 7.25. The zero-order valence-corrected chi connectivity index (χ0v) is 9.10. The SMILES string of the molecule is CC(C)Cc1ncc(-c2ccccc2)o1. The Hall–Kier alpha value is -1.57. The highest BCUT2D eigenvalue weighted by molar-refractivity contribution is 5.55. The second-order valence-corrected chi connectivity index (χ2v) is 4.08. The topological polar surface area (TPSA) is 26.0 Å². The van der Waals surface area contributed by atoms with E-state index < -0.39 is 0 Å². The van der Waals surface area contributed by atoms with Crippen LogP contribution in [0.4, 0.5) is 0 Å². The molecule has 1 aromatic heterocycles. The third-order valence-electron chi connectivity index (χ3n) is 2.19. The van der Waals surface area contributed by atoms with E-state index in [4.69, 9.17) is 4.42 Å². The van der Waals surface area contributed by atoms with Crippen LogP contribution in [-0.2, 0) is 6.42 Å². The van der Waals surface area contributed by atoms with E-state index in [0.29, 0.717) is 5.92 Å². The highest BCUT2D eigenvalue weighted by Crippen LogP contribution is 2.20. The molecule has 0 aliphatic heterocycles. The minimum absolute atomic E-state index is 0.576. The van der Waals surface area contributed by atoms with Gasteiger partial charge in [0, 0.05) is 12.0 Å². The third-order valence-corrected chi connectivity index (χ3v) is 2.19. The minimum Gasteiger partial charge on any atom is -0.441 e. The van der Waals surface area contributed by atoms with Crippen LogP contribution in [0, 0.1) is 5.92 Å². The van der Waals surface area contributed by atoms with Crippen molar-refractivity contribution in [3.05, 3.63) is 42.4 Å². The van der Waals surface area contributed by atoms with Gasteiger partial charge in [-0.05, 0) is 5.92 Å². The maximum Gasteiger partial charge on any atom is 0.195 e. The Balaban J connectivity index is 2.21. The Morgan fingerprint density at radius 3 is 2.60 bits per heavy atom. The van der Waals surface area contributed by atoms with Gasteiger partial charge in [0.2, 0.25) is 0 Å². The van der Waals surface area contributed by atoms with Crippen molar-refractivity contribution in [1.82, 2.24) is 4.98 Å². The van der Waals surface area contributed by atoms with E-state index in [9.17, 15) is 0 Å².